The topological polar surface area (TPSA) is 41.9 Å². The number of carbonyl (C=O) groups excluding carboxylic acids is 1. The highest BCUT2D eigenvalue weighted by Crippen LogP contribution is 2.28. The number of amides is 1. The molecule has 4 nitrogen and oxygen atoms in total. The van der Waals surface area contributed by atoms with Crippen LogP contribution in [0.4, 0.5) is 0 Å². The molecule has 0 N–H and O–H groups in total. The molecule has 0 aliphatic carbocycles. The molecule has 2 heterocycles. The van der Waals surface area contributed by atoms with Gasteiger partial charge in [0.25, 0.3) is 5.91 Å². The Bertz CT molecular complexity index is 655. The maximum atomic E-state index is 12.4. The zero-order valence-electron chi connectivity index (χ0n) is 14.2. The second-order valence-electron chi connectivity index (χ2n) is 6.06. The first kappa shape index (κ1) is 17.1. The lowest BCUT2D eigenvalue weighted by Gasteiger charge is -2.21. The minimum atomic E-state index is 0.0167. The minimum absolute atomic E-state index is 0.0167. The molecule has 0 saturated carbocycles. The Kier molecular flexibility index (Phi) is 5.96. The zero-order chi connectivity index (χ0) is 16.8. The van der Waals surface area contributed by atoms with E-state index < -0.39 is 0 Å². The third-order valence-corrected chi connectivity index (χ3v) is 5.16. The van der Waals surface area contributed by atoms with E-state index in [0.717, 1.165) is 48.2 Å². The summed E-state index contributed by atoms with van der Waals surface area (Å²) in [5.74, 6) is 1.91. The number of ether oxygens (including phenoxy) is 1. The molecule has 3 rings (SSSR count). The standard InChI is InChI=1S/C19H24N2O2S/c1-2-3-4-5-11-23-16-9-6-8-15(13-16)14-17-18(22)21-10-7-12-24-19(21)20-17/h6,8-9,13-14H,2-5,7,10-12H2,1H3/b17-14-. The van der Waals surface area contributed by atoms with Gasteiger partial charge in [0.15, 0.2) is 5.17 Å². The number of nitrogens with zero attached hydrogens (tertiary/aromatic N) is 2. The molecule has 1 fully saturated rings. The predicted octanol–water partition coefficient (Wildman–Crippen LogP) is 4.32. The Morgan fingerprint density at radius 1 is 1.33 bits per heavy atom. The number of carbonyl (C=O) groups is 1. The van der Waals surface area contributed by atoms with E-state index in [1.165, 1.54) is 19.3 Å². The van der Waals surface area contributed by atoms with E-state index >= 15 is 0 Å². The quantitative estimate of drug-likeness (QED) is 0.546. The summed E-state index contributed by atoms with van der Waals surface area (Å²) in [5.41, 5.74) is 1.48. The smallest absolute Gasteiger partial charge is 0.278 e. The van der Waals surface area contributed by atoms with Crippen LogP contribution in [0.25, 0.3) is 6.08 Å². The Labute approximate surface area is 148 Å². The van der Waals surface area contributed by atoms with Crippen molar-refractivity contribution in [1.29, 1.82) is 0 Å². The van der Waals surface area contributed by atoms with Gasteiger partial charge in [-0.2, -0.15) is 0 Å². The lowest BCUT2D eigenvalue weighted by molar-refractivity contribution is -0.122. The molecule has 128 valence electrons. The van der Waals surface area contributed by atoms with E-state index in [9.17, 15) is 4.79 Å². The Balaban J connectivity index is 1.64. The molecule has 1 amide bonds. The van der Waals surface area contributed by atoms with Gasteiger partial charge < -0.3 is 4.74 Å². The van der Waals surface area contributed by atoms with Gasteiger partial charge in [0, 0.05) is 12.3 Å². The third-order valence-electron chi connectivity index (χ3n) is 4.10. The lowest BCUT2D eigenvalue weighted by atomic mass is 10.1. The van der Waals surface area contributed by atoms with Crippen molar-refractivity contribution < 1.29 is 9.53 Å². The molecule has 2 aliphatic heterocycles. The monoisotopic (exact) mass is 344 g/mol. The fourth-order valence-electron chi connectivity index (χ4n) is 2.79. The zero-order valence-corrected chi connectivity index (χ0v) is 15.0. The molecular formula is C19H24N2O2S. The second kappa shape index (κ2) is 8.38. The molecular weight excluding hydrogens is 320 g/mol. The predicted molar refractivity (Wildman–Crippen MR) is 100 cm³/mol. The van der Waals surface area contributed by atoms with Crippen molar-refractivity contribution in [2.24, 2.45) is 4.99 Å². The number of aliphatic imine (C=N–C) groups is 1. The average Bonchev–Trinajstić information content (AvgIpc) is 2.91. The Hall–Kier alpha value is -1.75. The molecule has 0 bridgehead atoms. The fraction of sp³-hybridized carbons (Fsp3) is 0.474. The van der Waals surface area contributed by atoms with Gasteiger partial charge in [0.2, 0.25) is 0 Å². The van der Waals surface area contributed by atoms with Crippen molar-refractivity contribution in [3.8, 4) is 5.75 Å². The van der Waals surface area contributed by atoms with E-state index in [-0.39, 0.29) is 5.91 Å². The number of hydrogen-bond acceptors (Lipinski definition) is 4. The molecule has 0 radical (unpaired) electrons. The molecule has 0 unspecified atom stereocenters. The van der Waals surface area contributed by atoms with Crippen molar-refractivity contribution >= 4 is 28.9 Å². The average molecular weight is 344 g/mol. The molecule has 0 aromatic heterocycles. The fourth-order valence-corrected chi connectivity index (χ4v) is 3.74. The van der Waals surface area contributed by atoms with Gasteiger partial charge in [-0.05, 0) is 36.6 Å². The first-order valence-electron chi connectivity index (χ1n) is 8.76. The maximum Gasteiger partial charge on any atom is 0.278 e. The van der Waals surface area contributed by atoms with Crippen molar-refractivity contribution in [2.75, 3.05) is 18.9 Å². The number of rotatable bonds is 7. The van der Waals surface area contributed by atoms with Crippen LogP contribution in [-0.2, 0) is 4.79 Å². The second-order valence-corrected chi connectivity index (χ2v) is 7.13. The molecule has 24 heavy (non-hydrogen) atoms. The van der Waals surface area contributed by atoms with Gasteiger partial charge in [0.1, 0.15) is 11.4 Å². The van der Waals surface area contributed by atoms with E-state index in [2.05, 4.69) is 11.9 Å². The minimum Gasteiger partial charge on any atom is -0.494 e. The molecule has 1 aromatic rings. The van der Waals surface area contributed by atoms with Crippen LogP contribution < -0.4 is 4.74 Å². The number of amidine groups is 1. The van der Waals surface area contributed by atoms with Crippen LogP contribution in [0.15, 0.2) is 35.0 Å². The van der Waals surface area contributed by atoms with Crippen LogP contribution in [0.2, 0.25) is 0 Å². The van der Waals surface area contributed by atoms with E-state index in [1.54, 1.807) is 16.7 Å². The van der Waals surface area contributed by atoms with Gasteiger partial charge >= 0.3 is 0 Å². The third kappa shape index (κ3) is 4.20. The summed E-state index contributed by atoms with van der Waals surface area (Å²) in [5, 5.41) is 0.848. The van der Waals surface area contributed by atoms with Crippen LogP contribution in [0.5, 0.6) is 5.75 Å². The summed E-state index contributed by atoms with van der Waals surface area (Å²) in [6, 6.07) is 7.88. The van der Waals surface area contributed by atoms with Crippen LogP contribution in [0, 0.1) is 0 Å². The molecule has 1 aromatic carbocycles. The first-order valence-corrected chi connectivity index (χ1v) is 9.74. The van der Waals surface area contributed by atoms with Gasteiger partial charge in [-0.25, -0.2) is 4.99 Å². The van der Waals surface area contributed by atoms with E-state index in [0.29, 0.717) is 5.70 Å². The summed E-state index contributed by atoms with van der Waals surface area (Å²) in [6.07, 6.45) is 7.67. The number of hydrogen-bond donors (Lipinski definition) is 0. The number of unbranched alkanes of at least 4 members (excludes halogenated alkanes) is 3. The summed E-state index contributed by atoms with van der Waals surface area (Å²) < 4.78 is 5.81. The summed E-state index contributed by atoms with van der Waals surface area (Å²) >= 11 is 1.66. The number of thioether (sulfide) groups is 1. The van der Waals surface area contributed by atoms with Crippen LogP contribution >= 0.6 is 11.8 Å². The molecule has 2 aliphatic rings. The van der Waals surface area contributed by atoms with Crippen molar-refractivity contribution in [2.45, 2.75) is 39.0 Å². The van der Waals surface area contributed by atoms with Crippen LogP contribution in [0.3, 0.4) is 0 Å². The van der Waals surface area contributed by atoms with Crippen molar-refractivity contribution in [3.05, 3.63) is 35.5 Å². The highest BCUT2D eigenvalue weighted by Gasteiger charge is 2.32. The highest BCUT2D eigenvalue weighted by molar-refractivity contribution is 8.13. The number of fused-ring (bicyclic) bond motifs is 1. The number of benzene rings is 1. The van der Waals surface area contributed by atoms with E-state index in [4.69, 9.17) is 4.74 Å². The largest absolute Gasteiger partial charge is 0.494 e. The van der Waals surface area contributed by atoms with Gasteiger partial charge in [-0.3, -0.25) is 9.69 Å². The normalized spacial score (nSPS) is 18.7. The lowest BCUT2D eigenvalue weighted by Crippen LogP contribution is -2.34. The summed E-state index contributed by atoms with van der Waals surface area (Å²) in [4.78, 5) is 18.7. The Morgan fingerprint density at radius 3 is 3.08 bits per heavy atom. The summed E-state index contributed by atoms with van der Waals surface area (Å²) in [6.45, 7) is 3.73. The van der Waals surface area contributed by atoms with Crippen LogP contribution in [-0.4, -0.2) is 34.9 Å². The molecule has 0 atom stereocenters. The summed E-state index contributed by atoms with van der Waals surface area (Å²) in [7, 11) is 0. The van der Waals surface area contributed by atoms with Gasteiger partial charge in [0.05, 0.1) is 6.61 Å². The SMILES string of the molecule is CCCCCCOc1cccc(/C=C2\N=C3SCCCN3C2=O)c1. The maximum absolute atomic E-state index is 12.4. The molecule has 1 saturated heterocycles. The van der Waals surface area contributed by atoms with Crippen LogP contribution in [0.1, 0.15) is 44.6 Å². The van der Waals surface area contributed by atoms with Crippen molar-refractivity contribution in [1.82, 2.24) is 4.90 Å². The first-order chi connectivity index (χ1) is 11.8. The molecule has 5 heteroatoms. The highest BCUT2D eigenvalue weighted by atomic mass is 32.2. The van der Waals surface area contributed by atoms with Crippen molar-refractivity contribution in [3.63, 3.8) is 0 Å². The van der Waals surface area contributed by atoms with E-state index in [1.807, 2.05) is 30.3 Å². The van der Waals surface area contributed by atoms with Gasteiger partial charge in [-0.15, -0.1) is 0 Å². The molecule has 0 spiro atoms. The Morgan fingerprint density at radius 2 is 2.25 bits per heavy atom. The van der Waals surface area contributed by atoms with Gasteiger partial charge in [-0.1, -0.05) is 50.1 Å².